The van der Waals surface area contributed by atoms with Crippen molar-refractivity contribution in [3.05, 3.63) is 0 Å². The van der Waals surface area contributed by atoms with Gasteiger partial charge in [-0.05, 0) is 0 Å². The minimum Gasteiger partial charge on any atom is -0.394 e. The topological polar surface area (TPSA) is 179 Å². The number of alkyl halides is 17. The summed E-state index contributed by atoms with van der Waals surface area (Å²) >= 11 is 0. The molecule has 2 fully saturated rings. The number of hydrogen-bond donors (Lipinski definition) is 7. The van der Waals surface area contributed by atoms with Crippen LogP contribution in [-0.2, 0) is 18.9 Å². The summed E-state index contributed by atoms with van der Waals surface area (Å²) in [6.07, 6.45) is -32.7. The maximum atomic E-state index is 14.2. The van der Waals surface area contributed by atoms with Gasteiger partial charge >= 0.3 is 47.6 Å². The second kappa shape index (κ2) is 14.3. The second-order valence-corrected chi connectivity index (χ2v) is 10.8. The third-order valence-electron chi connectivity index (χ3n) is 7.45. The van der Waals surface area contributed by atoms with Crippen molar-refractivity contribution in [1.82, 2.24) is 0 Å². The first kappa shape index (κ1) is 44.5. The van der Waals surface area contributed by atoms with Crippen LogP contribution in [0.4, 0.5) is 74.6 Å². The first-order valence-electron chi connectivity index (χ1n) is 13.2. The molecule has 0 saturated carbocycles. The summed E-state index contributed by atoms with van der Waals surface area (Å²) in [5.74, 6) is -57.9. The molecule has 0 aromatic carbocycles. The van der Waals surface area contributed by atoms with E-state index in [2.05, 4.69) is 4.74 Å². The standard InChI is InChI=1S/C22H25F17O11/c23-15(24,16(25,26)17(27,28)18(29,30)19(31,32)20(33,34)21(35,36)22(37,38)39)1-2-47-13-11(46)9(44)12(6(4-41)49-13)50-14-10(45)8(43)7(42)5(3-40)48-14/h5-14,40-46H,1-4H2/t5-,6-,7+,8+,9-,10-,11-,12-,13-,14+/m1/s1. The molecule has 7 N–H and O–H groups in total. The lowest BCUT2D eigenvalue weighted by Crippen LogP contribution is -2.74. The van der Waals surface area contributed by atoms with Gasteiger partial charge in [0.2, 0.25) is 0 Å². The average Bonchev–Trinajstić information content (AvgIpc) is 2.99. The fourth-order valence-electron chi connectivity index (χ4n) is 4.35. The Balaban J connectivity index is 2.23. The Morgan fingerprint density at radius 3 is 1.30 bits per heavy atom. The highest BCUT2D eigenvalue weighted by atomic mass is 19.4. The van der Waals surface area contributed by atoms with Gasteiger partial charge in [-0.2, -0.15) is 74.6 Å². The van der Waals surface area contributed by atoms with E-state index in [4.69, 9.17) is 14.2 Å². The fourth-order valence-corrected chi connectivity index (χ4v) is 4.35. The molecule has 2 aliphatic heterocycles. The molecule has 0 aliphatic carbocycles. The minimum atomic E-state index is -8.80. The fraction of sp³-hybridized carbons (Fsp3) is 1.00. The molecule has 0 aromatic heterocycles. The van der Waals surface area contributed by atoms with Crippen LogP contribution >= 0.6 is 0 Å². The van der Waals surface area contributed by atoms with E-state index in [-0.39, 0.29) is 0 Å². The van der Waals surface area contributed by atoms with E-state index in [1.807, 2.05) is 0 Å². The van der Waals surface area contributed by atoms with E-state index >= 15 is 0 Å². The molecule has 2 saturated heterocycles. The molecule has 0 amide bonds. The van der Waals surface area contributed by atoms with Crippen LogP contribution in [0.3, 0.4) is 0 Å². The molecular weight excluding hydrogens is 763 g/mol. The summed E-state index contributed by atoms with van der Waals surface area (Å²) in [5, 5.41) is 68.9. The van der Waals surface area contributed by atoms with Crippen LogP contribution < -0.4 is 0 Å². The maximum absolute atomic E-state index is 14.2. The van der Waals surface area contributed by atoms with Gasteiger partial charge in [0.1, 0.15) is 48.8 Å². The Labute approximate surface area is 265 Å². The largest absolute Gasteiger partial charge is 0.460 e. The van der Waals surface area contributed by atoms with Crippen molar-refractivity contribution in [2.24, 2.45) is 0 Å². The Kier molecular flexibility index (Phi) is 12.7. The van der Waals surface area contributed by atoms with Gasteiger partial charge in [-0.25, -0.2) is 0 Å². The smallest absolute Gasteiger partial charge is 0.394 e. The molecule has 10 atom stereocenters. The van der Waals surface area contributed by atoms with Gasteiger partial charge in [-0.15, -0.1) is 0 Å². The SMILES string of the molecule is OC[C@H]1O[C@@H](O[C@H]2[C@H](O)[C@@H](O)[C@H](OCCC(F)(F)C(F)(F)C(F)(F)C(F)(F)C(F)(F)C(F)(F)C(F)(F)C(F)(F)F)O[C@@H]2CO)[C@H](O)[C@@H](O)[C@H]1O. The lowest BCUT2D eigenvalue weighted by molar-refractivity contribution is -0.462. The Morgan fingerprint density at radius 2 is 0.860 bits per heavy atom. The van der Waals surface area contributed by atoms with E-state index in [9.17, 15) is 110 Å². The molecule has 298 valence electrons. The number of ether oxygens (including phenoxy) is 4. The van der Waals surface area contributed by atoms with E-state index in [1.165, 1.54) is 0 Å². The summed E-state index contributed by atoms with van der Waals surface area (Å²) in [7, 11) is 0. The van der Waals surface area contributed by atoms with E-state index in [1.54, 1.807) is 0 Å². The van der Waals surface area contributed by atoms with Crippen molar-refractivity contribution in [1.29, 1.82) is 0 Å². The zero-order valence-corrected chi connectivity index (χ0v) is 23.8. The maximum Gasteiger partial charge on any atom is 0.460 e. The van der Waals surface area contributed by atoms with Crippen molar-refractivity contribution in [3.63, 3.8) is 0 Å². The summed E-state index contributed by atoms with van der Waals surface area (Å²) in [4.78, 5) is 0. The molecule has 0 radical (unpaired) electrons. The lowest BCUT2D eigenvalue weighted by atomic mass is 9.88. The van der Waals surface area contributed by atoms with Gasteiger partial charge in [-0.1, -0.05) is 0 Å². The Bertz CT molecular complexity index is 1140. The quantitative estimate of drug-likeness (QED) is 0.125. The summed E-state index contributed by atoms with van der Waals surface area (Å²) < 4.78 is 248. The number of rotatable bonds is 14. The lowest BCUT2D eigenvalue weighted by Gasteiger charge is -2.46. The number of halogens is 17. The average molecular weight is 788 g/mol. The van der Waals surface area contributed by atoms with E-state index in [0.717, 1.165) is 0 Å². The van der Waals surface area contributed by atoms with Crippen molar-refractivity contribution >= 4 is 0 Å². The first-order valence-corrected chi connectivity index (χ1v) is 13.2. The third-order valence-corrected chi connectivity index (χ3v) is 7.45. The zero-order chi connectivity index (χ0) is 39.4. The van der Waals surface area contributed by atoms with Gasteiger partial charge in [0.05, 0.1) is 19.8 Å². The summed E-state index contributed by atoms with van der Waals surface area (Å²) in [6, 6.07) is 0. The van der Waals surface area contributed by atoms with Gasteiger partial charge < -0.3 is 54.7 Å². The normalized spacial score (nSPS) is 33.1. The van der Waals surface area contributed by atoms with Crippen LogP contribution in [0.5, 0.6) is 0 Å². The van der Waals surface area contributed by atoms with Gasteiger partial charge in [0.15, 0.2) is 12.6 Å². The van der Waals surface area contributed by atoms with Crippen LogP contribution in [0, 0.1) is 0 Å². The van der Waals surface area contributed by atoms with E-state index in [0.29, 0.717) is 0 Å². The molecule has 2 heterocycles. The van der Waals surface area contributed by atoms with Gasteiger partial charge in [0, 0.05) is 6.42 Å². The molecule has 28 heteroatoms. The third kappa shape index (κ3) is 7.05. The van der Waals surface area contributed by atoms with Crippen LogP contribution in [0.15, 0.2) is 0 Å². The molecule has 0 bridgehead atoms. The molecule has 2 rings (SSSR count). The molecule has 2 aliphatic rings. The monoisotopic (exact) mass is 788 g/mol. The molecule has 0 unspecified atom stereocenters. The van der Waals surface area contributed by atoms with Crippen LogP contribution in [0.25, 0.3) is 0 Å². The van der Waals surface area contributed by atoms with Gasteiger partial charge in [0.25, 0.3) is 0 Å². The first-order chi connectivity index (χ1) is 22.2. The molecular formula is C22H25F17O11. The number of aliphatic hydroxyl groups excluding tert-OH is 7. The number of aliphatic hydroxyl groups is 7. The van der Waals surface area contributed by atoms with Crippen LogP contribution in [-0.4, -0.2) is 165 Å². The van der Waals surface area contributed by atoms with Gasteiger partial charge in [-0.3, -0.25) is 0 Å². The minimum absolute atomic E-state index is 1.01. The van der Waals surface area contributed by atoms with Crippen LogP contribution in [0.1, 0.15) is 6.42 Å². The molecule has 0 aromatic rings. The number of hydrogen-bond acceptors (Lipinski definition) is 11. The molecule has 50 heavy (non-hydrogen) atoms. The van der Waals surface area contributed by atoms with Crippen molar-refractivity contribution < 1.29 is 129 Å². The van der Waals surface area contributed by atoms with Crippen LogP contribution in [0.2, 0.25) is 0 Å². The summed E-state index contributed by atoms with van der Waals surface area (Å²) in [5.41, 5.74) is 0. The molecule has 11 nitrogen and oxygen atoms in total. The zero-order valence-electron chi connectivity index (χ0n) is 23.8. The highest BCUT2D eigenvalue weighted by Gasteiger charge is 2.95. The molecule has 0 spiro atoms. The Morgan fingerprint density at radius 1 is 0.460 bits per heavy atom. The van der Waals surface area contributed by atoms with Crippen molar-refractivity contribution in [2.45, 2.75) is 115 Å². The second-order valence-electron chi connectivity index (χ2n) is 10.8. The van der Waals surface area contributed by atoms with E-state index < -0.39 is 135 Å². The van der Waals surface area contributed by atoms with Crippen molar-refractivity contribution in [2.75, 3.05) is 19.8 Å². The Hall–Kier alpha value is -1.63. The summed E-state index contributed by atoms with van der Waals surface area (Å²) in [6.45, 7) is -4.55. The predicted octanol–water partition coefficient (Wildman–Crippen LogP) is 1.03. The predicted molar refractivity (Wildman–Crippen MR) is 118 cm³/mol. The van der Waals surface area contributed by atoms with Crippen molar-refractivity contribution in [3.8, 4) is 0 Å². The highest BCUT2D eigenvalue weighted by Crippen LogP contribution is 2.64. The highest BCUT2D eigenvalue weighted by molar-refractivity contribution is 5.15.